The molecular formula is C13H26N2O3S. The van der Waals surface area contributed by atoms with E-state index in [-0.39, 0.29) is 23.8 Å². The standard InChI is InChI=1S/C13H26N2O3S/c1-10(13(2,3)4)8-12(16)15-7-5-6-11(9-15)19(14,17)18/h10-11H,5-9H2,1-4H3,(H2,14,17,18). The van der Waals surface area contributed by atoms with Gasteiger partial charge in [-0.3, -0.25) is 4.79 Å². The maximum absolute atomic E-state index is 12.2. The van der Waals surface area contributed by atoms with E-state index in [2.05, 4.69) is 27.7 Å². The Morgan fingerprint density at radius 3 is 2.47 bits per heavy atom. The van der Waals surface area contributed by atoms with Gasteiger partial charge in [0, 0.05) is 19.5 Å². The molecular weight excluding hydrogens is 264 g/mol. The van der Waals surface area contributed by atoms with Crippen molar-refractivity contribution in [2.24, 2.45) is 16.5 Å². The summed E-state index contributed by atoms with van der Waals surface area (Å²) in [6.45, 7) is 9.26. The molecule has 1 heterocycles. The predicted octanol–water partition coefficient (Wildman–Crippen LogP) is 1.34. The Balaban J connectivity index is 2.63. The molecule has 0 saturated carbocycles. The lowest BCUT2D eigenvalue weighted by molar-refractivity contribution is -0.133. The number of carbonyl (C=O) groups is 1. The van der Waals surface area contributed by atoms with E-state index in [1.165, 1.54) is 0 Å². The van der Waals surface area contributed by atoms with Gasteiger partial charge in [-0.1, -0.05) is 27.7 Å². The first-order valence-corrected chi connectivity index (χ1v) is 8.42. The Hall–Kier alpha value is -0.620. The van der Waals surface area contributed by atoms with Crippen LogP contribution >= 0.6 is 0 Å². The highest BCUT2D eigenvalue weighted by atomic mass is 32.2. The molecule has 6 heteroatoms. The van der Waals surface area contributed by atoms with Gasteiger partial charge < -0.3 is 4.90 Å². The third-order valence-corrected chi connectivity index (χ3v) is 5.47. The summed E-state index contributed by atoms with van der Waals surface area (Å²) in [6, 6.07) is 0. The topological polar surface area (TPSA) is 80.5 Å². The van der Waals surface area contributed by atoms with E-state index >= 15 is 0 Å². The van der Waals surface area contributed by atoms with Crippen LogP contribution in [0.4, 0.5) is 0 Å². The second kappa shape index (κ2) is 5.79. The average molecular weight is 290 g/mol. The van der Waals surface area contributed by atoms with Crippen molar-refractivity contribution in [3.8, 4) is 0 Å². The van der Waals surface area contributed by atoms with E-state index in [1.807, 2.05) is 0 Å². The van der Waals surface area contributed by atoms with Crippen molar-refractivity contribution in [1.82, 2.24) is 4.90 Å². The maximum atomic E-state index is 12.2. The molecule has 1 saturated heterocycles. The smallest absolute Gasteiger partial charge is 0.222 e. The van der Waals surface area contributed by atoms with Gasteiger partial charge in [-0.05, 0) is 24.2 Å². The molecule has 112 valence electrons. The van der Waals surface area contributed by atoms with Gasteiger partial charge in [0.25, 0.3) is 0 Å². The molecule has 1 aliphatic heterocycles. The minimum atomic E-state index is -3.54. The molecule has 1 rings (SSSR count). The molecule has 0 aliphatic carbocycles. The lowest BCUT2D eigenvalue weighted by Crippen LogP contribution is -2.47. The van der Waals surface area contributed by atoms with Gasteiger partial charge in [0.05, 0.1) is 5.25 Å². The molecule has 2 atom stereocenters. The zero-order valence-corrected chi connectivity index (χ0v) is 13.2. The molecule has 0 aromatic rings. The third-order valence-electron chi connectivity index (χ3n) is 4.15. The summed E-state index contributed by atoms with van der Waals surface area (Å²) < 4.78 is 22.8. The van der Waals surface area contributed by atoms with Gasteiger partial charge in [-0.25, -0.2) is 13.6 Å². The number of rotatable bonds is 3. The zero-order chi connectivity index (χ0) is 14.8. The van der Waals surface area contributed by atoms with Crippen LogP contribution in [0.5, 0.6) is 0 Å². The molecule has 0 aromatic heterocycles. The second-order valence-electron chi connectivity index (χ2n) is 6.66. The Labute approximate surface area is 116 Å². The number of piperidine rings is 1. The summed E-state index contributed by atoms with van der Waals surface area (Å²) >= 11 is 0. The number of hydrogen-bond donors (Lipinski definition) is 1. The summed E-state index contributed by atoms with van der Waals surface area (Å²) in [7, 11) is -3.54. The fourth-order valence-electron chi connectivity index (χ4n) is 2.13. The third kappa shape index (κ3) is 4.76. The lowest BCUT2D eigenvalue weighted by atomic mass is 9.80. The lowest BCUT2D eigenvalue weighted by Gasteiger charge is -2.34. The van der Waals surface area contributed by atoms with Crippen LogP contribution in [0.1, 0.15) is 47.0 Å². The zero-order valence-electron chi connectivity index (χ0n) is 12.3. The summed E-state index contributed by atoms with van der Waals surface area (Å²) in [5.41, 5.74) is 0.0742. The van der Waals surface area contributed by atoms with Gasteiger partial charge >= 0.3 is 0 Å². The quantitative estimate of drug-likeness (QED) is 0.851. The maximum Gasteiger partial charge on any atom is 0.222 e. The molecule has 0 spiro atoms. The first kappa shape index (κ1) is 16.4. The number of likely N-dealkylation sites (tertiary alicyclic amines) is 1. The summed E-state index contributed by atoms with van der Waals surface area (Å²) in [5.74, 6) is 0.297. The molecule has 2 unspecified atom stereocenters. The molecule has 5 nitrogen and oxygen atoms in total. The number of nitrogens with zero attached hydrogens (tertiary/aromatic N) is 1. The van der Waals surface area contributed by atoms with Crippen LogP contribution in [0.2, 0.25) is 0 Å². The van der Waals surface area contributed by atoms with Gasteiger partial charge in [-0.15, -0.1) is 0 Å². The molecule has 19 heavy (non-hydrogen) atoms. The summed E-state index contributed by atoms with van der Waals surface area (Å²) in [4.78, 5) is 13.9. The van der Waals surface area contributed by atoms with Crippen molar-refractivity contribution in [3.63, 3.8) is 0 Å². The normalized spacial score (nSPS) is 23.2. The van der Waals surface area contributed by atoms with E-state index in [0.717, 1.165) is 0 Å². The van der Waals surface area contributed by atoms with Gasteiger partial charge in [-0.2, -0.15) is 0 Å². The Morgan fingerprint density at radius 2 is 2.00 bits per heavy atom. The largest absolute Gasteiger partial charge is 0.341 e. The molecule has 0 aromatic carbocycles. The average Bonchev–Trinajstić information content (AvgIpc) is 2.26. The number of primary sulfonamides is 1. The van der Waals surface area contributed by atoms with Gasteiger partial charge in [0.15, 0.2) is 0 Å². The first-order valence-electron chi connectivity index (χ1n) is 6.81. The van der Waals surface area contributed by atoms with Crippen LogP contribution in [0.15, 0.2) is 0 Å². The van der Waals surface area contributed by atoms with Crippen molar-refractivity contribution >= 4 is 15.9 Å². The number of hydrogen-bond acceptors (Lipinski definition) is 3. The predicted molar refractivity (Wildman–Crippen MR) is 75.9 cm³/mol. The number of sulfonamides is 1. The van der Waals surface area contributed by atoms with Crippen molar-refractivity contribution in [2.45, 2.75) is 52.2 Å². The highest BCUT2D eigenvalue weighted by molar-refractivity contribution is 7.89. The van der Waals surface area contributed by atoms with Crippen molar-refractivity contribution < 1.29 is 13.2 Å². The SMILES string of the molecule is CC(CC(=O)N1CCCC(S(N)(=O)=O)C1)C(C)(C)C. The fraction of sp³-hybridized carbons (Fsp3) is 0.923. The highest BCUT2D eigenvalue weighted by Crippen LogP contribution is 2.29. The minimum Gasteiger partial charge on any atom is -0.341 e. The van der Waals surface area contributed by atoms with Crippen molar-refractivity contribution in [1.29, 1.82) is 0 Å². The fourth-order valence-corrected chi connectivity index (χ4v) is 3.01. The van der Waals surface area contributed by atoms with E-state index < -0.39 is 15.3 Å². The number of nitrogens with two attached hydrogens (primary N) is 1. The Bertz CT molecular complexity index is 426. The molecule has 2 N–H and O–H groups in total. The molecule has 1 aliphatic rings. The van der Waals surface area contributed by atoms with Gasteiger partial charge in [0.2, 0.25) is 15.9 Å². The van der Waals surface area contributed by atoms with Crippen molar-refractivity contribution in [2.75, 3.05) is 13.1 Å². The van der Waals surface area contributed by atoms with Crippen molar-refractivity contribution in [3.05, 3.63) is 0 Å². The minimum absolute atomic E-state index is 0.0378. The van der Waals surface area contributed by atoms with Crippen LogP contribution in [0.25, 0.3) is 0 Å². The first-order chi connectivity index (χ1) is 8.51. The second-order valence-corrected chi connectivity index (χ2v) is 8.51. The Morgan fingerprint density at radius 1 is 1.42 bits per heavy atom. The molecule has 1 fully saturated rings. The van der Waals surface area contributed by atoms with Crippen LogP contribution < -0.4 is 5.14 Å². The Kier molecular flexibility index (Phi) is 5.01. The van der Waals surface area contributed by atoms with E-state index in [1.54, 1.807) is 4.90 Å². The highest BCUT2D eigenvalue weighted by Gasteiger charge is 2.32. The monoisotopic (exact) mass is 290 g/mol. The summed E-state index contributed by atoms with van der Waals surface area (Å²) in [6.07, 6.45) is 1.72. The van der Waals surface area contributed by atoms with E-state index in [9.17, 15) is 13.2 Å². The van der Waals surface area contributed by atoms with Crippen LogP contribution in [0.3, 0.4) is 0 Å². The summed E-state index contributed by atoms with van der Waals surface area (Å²) in [5, 5.41) is 4.58. The number of amides is 1. The van der Waals surface area contributed by atoms with E-state index in [0.29, 0.717) is 25.8 Å². The van der Waals surface area contributed by atoms with Gasteiger partial charge in [0.1, 0.15) is 0 Å². The number of carbonyl (C=O) groups excluding carboxylic acids is 1. The molecule has 0 radical (unpaired) electrons. The van der Waals surface area contributed by atoms with Crippen LogP contribution in [-0.4, -0.2) is 37.6 Å². The van der Waals surface area contributed by atoms with Crippen LogP contribution in [0, 0.1) is 11.3 Å². The molecule has 1 amide bonds. The molecule has 0 bridgehead atoms. The van der Waals surface area contributed by atoms with E-state index in [4.69, 9.17) is 5.14 Å². The van der Waals surface area contributed by atoms with Crippen LogP contribution in [-0.2, 0) is 14.8 Å².